The van der Waals surface area contributed by atoms with Crippen LogP contribution in [0.5, 0.6) is 5.75 Å². The van der Waals surface area contributed by atoms with Crippen LogP contribution >= 0.6 is 34.5 Å². The molecule has 0 aliphatic rings. The molecule has 5 nitrogen and oxygen atoms in total. The Morgan fingerprint density at radius 1 is 1.30 bits per heavy atom. The van der Waals surface area contributed by atoms with Crippen LogP contribution in [0.3, 0.4) is 0 Å². The Kier molecular flexibility index (Phi) is 4.59. The molecule has 0 amide bonds. The summed E-state index contributed by atoms with van der Waals surface area (Å²) in [5, 5.41) is 11.1. The molecule has 0 atom stereocenters. The van der Waals surface area contributed by atoms with E-state index in [1.54, 1.807) is 12.1 Å². The Morgan fingerprint density at radius 2 is 2.05 bits per heavy atom. The molecule has 1 aromatic carbocycles. The van der Waals surface area contributed by atoms with E-state index in [9.17, 15) is 14.9 Å². The summed E-state index contributed by atoms with van der Waals surface area (Å²) in [5.74, 6) is -0.352. The fourth-order valence-corrected chi connectivity index (χ4v) is 2.56. The van der Waals surface area contributed by atoms with Gasteiger partial charge in [0.15, 0.2) is 12.4 Å². The van der Waals surface area contributed by atoms with Crippen LogP contribution in [0, 0.1) is 10.1 Å². The van der Waals surface area contributed by atoms with Gasteiger partial charge in [-0.25, -0.2) is 0 Å². The number of hydrogen-bond acceptors (Lipinski definition) is 5. The lowest BCUT2D eigenvalue weighted by molar-refractivity contribution is -0.385. The predicted octanol–water partition coefficient (Wildman–Crippen LogP) is 4.22. The molecule has 1 heterocycles. The van der Waals surface area contributed by atoms with E-state index in [-0.39, 0.29) is 28.8 Å². The smallest absolute Gasteiger partial charge is 0.311 e. The zero-order chi connectivity index (χ0) is 14.7. The van der Waals surface area contributed by atoms with Gasteiger partial charge in [-0.2, -0.15) is 0 Å². The van der Waals surface area contributed by atoms with Crippen molar-refractivity contribution in [3.63, 3.8) is 0 Å². The van der Waals surface area contributed by atoms with Crippen molar-refractivity contribution < 1.29 is 14.5 Å². The molecule has 0 saturated carbocycles. The number of rotatable bonds is 5. The summed E-state index contributed by atoms with van der Waals surface area (Å²) in [6.07, 6.45) is 0. The molecule has 8 heteroatoms. The maximum atomic E-state index is 11.8. The van der Waals surface area contributed by atoms with Crippen molar-refractivity contribution in [2.45, 2.75) is 0 Å². The van der Waals surface area contributed by atoms with Gasteiger partial charge in [-0.3, -0.25) is 14.9 Å². The van der Waals surface area contributed by atoms with E-state index >= 15 is 0 Å². The maximum Gasteiger partial charge on any atom is 0.311 e. The molecular formula is C12H7Cl2NO4S. The molecule has 0 saturated heterocycles. The zero-order valence-electron chi connectivity index (χ0n) is 9.84. The van der Waals surface area contributed by atoms with Crippen molar-refractivity contribution in [2.24, 2.45) is 0 Å². The quantitative estimate of drug-likeness (QED) is 0.467. The molecule has 1 aromatic heterocycles. The third-order valence-corrected chi connectivity index (χ3v) is 3.83. The number of nitro benzene ring substituents is 1. The van der Waals surface area contributed by atoms with E-state index in [1.165, 1.54) is 18.2 Å². The highest BCUT2D eigenvalue weighted by molar-refractivity contribution is 7.18. The Labute approximate surface area is 127 Å². The van der Waals surface area contributed by atoms with Crippen LogP contribution in [-0.4, -0.2) is 17.3 Å². The summed E-state index contributed by atoms with van der Waals surface area (Å²) in [5.41, 5.74) is -0.244. The highest BCUT2D eigenvalue weighted by Gasteiger charge is 2.17. The molecule has 0 N–H and O–H groups in total. The van der Waals surface area contributed by atoms with E-state index in [2.05, 4.69) is 0 Å². The monoisotopic (exact) mass is 331 g/mol. The number of ketones is 1. The van der Waals surface area contributed by atoms with Crippen molar-refractivity contribution in [3.8, 4) is 5.75 Å². The van der Waals surface area contributed by atoms with Crippen LogP contribution in [0.2, 0.25) is 9.36 Å². The highest BCUT2D eigenvalue weighted by atomic mass is 35.5. The number of Topliss-reactive ketones (excluding diaryl/α,β-unsaturated/α-hetero) is 1. The number of hydrogen-bond donors (Lipinski definition) is 0. The topological polar surface area (TPSA) is 69.4 Å². The summed E-state index contributed by atoms with van der Waals surface area (Å²) in [6.45, 7) is -0.321. The van der Waals surface area contributed by atoms with Gasteiger partial charge in [-0.15, -0.1) is 11.3 Å². The SMILES string of the molecule is O=C(COc1cc(Cl)ccc1[N+](=O)[O-])c1ccc(Cl)s1. The lowest BCUT2D eigenvalue weighted by Crippen LogP contribution is -2.11. The number of nitro groups is 1. The van der Waals surface area contributed by atoms with E-state index in [0.29, 0.717) is 9.21 Å². The summed E-state index contributed by atoms with van der Waals surface area (Å²) in [7, 11) is 0. The Balaban J connectivity index is 2.12. The predicted molar refractivity (Wildman–Crippen MR) is 77.3 cm³/mol. The standard InChI is InChI=1S/C12H7Cl2NO4S/c13-7-1-2-8(15(17)18)10(5-7)19-6-9(16)11-3-4-12(14)20-11/h1-5H,6H2. The zero-order valence-corrected chi connectivity index (χ0v) is 12.2. The summed E-state index contributed by atoms with van der Waals surface area (Å²) in [4.78, 5) is 22.5. The van der Waals surface area contributed by atoms with Crippen LogP contribution in [0.4, 0.5) is 5.69 Å². The van der Waals surface area contributed by atoms with Crippen molar-refractivity contribution in [3.05, 3.63) is 54.7 Å². The normalized spacial score (nSPS) is 10.3. The van der Waals surface area contributed by atoms with Gasteiger partial charge in [-0.1, -0.05) is 23.2 Å². The van der Waals surface area contributed by atoms with Gasteiger partial charge in [0.05, 0.1) is 14.1 Å². The highest BCUT2D eigenvalue weighted by Crippen LogP contribution is 2.30. The summed E-state index contributed by atoms with van der Waals surface area (Å²) < 4.78 is 5.68. The lowest BCUT2D eigenvalue weighted by Gasteiger charge is -2.05. The number of carbonyl (C=O) groups is 1. The Bertz CT molecular complexity index is 671. The third kappa shape index (κ3) is 3.47. The van der Waals surface area contributed by atoms with Gasteiger partial charge in [-0.05, 0) is 18.2 Å². The Morgan fingerprint density at radius 3 is 2.65 bits per heavy atom. The Hall–Kier alpha value is -1.63. The number of nitrogens with zero attached hydrogens (tertiary/aromatic N) is 1. The molecule has 0 unspecified atom stereocenters. The average Bonchev–Trinajstić information content (AvgIpc) is 2.82. The molecule has 0 radical (unpaired) electrons. The molecule has 104 valence electrons. The number of benzene rings is 1. The fraction of sp³-hybridized carbons (Fsp3) is 0.0833. The molecule has 2 rings (SSSR count). The number of halogens is 2. The fourth-order valence-electron chi connectivity index (χ4n) is 1.43. The van der Waals surface area contributed by atoms with Gasteiger partial charge in [0.25, 0.3) is 0 Å². The van der Waals surface area contributed by atoms with Gasteiger partial charge < -0.3 is 4.74 Å². The molecule has 0 bridgehead atoms. The minimum atomic E-state index is -0.599. The van der Waals surface area contributed by atoms with Gasteiger partial charge >= 0.3 is 5.69 Å². The van der Waals surface area contributed by atoms with Crippen molar-refractivity contribution in [2.75, 3.05) is 6.61 Å². The van der Waals surface area contributed by atoms with Crippen molar-refractivity contribution in [1.82, 2.24) is 0 Å². The van der Waals surface area contributed by atoms with E-state index in [0.717, 1.165) is 11.3 Å². The van der Waals surface area contributed by atoms with E-state index < -0.39 is 4.92 Å². The number of carbonyl (C=O) groups excluding carboxylic acids is 1. The second-order valence-electron chi connectivity index (χ2n) is 3.68. The molecule has 2 aromatic rings. The van der Waals surface area contributed by atoms with Crippen LogP contribution < -0.4 is 4.74 Å². The number of ether oxygens (including phenoxy) is 1. The third-order valence-electron chi connectivity index (χ3n) is 2.33. The van der Waals surface area contributed by atoms with E-state index in [1.807, 2.05) is 0 Å². The minimum absolute atomic E-state index is 0.0431. The minimum Gasteiger partial charge on any atom is -0.478 e. The summed E-state index contributed by atoms with van der Waals surface area (Å²) >= 11 is 12.6. The molecule has 0 aliphatic carbocycles. The van der Waals surface area contributed by atoms with E-state index in [4.69, 9.17) is 27.9 Å². The largest absolute Gasteiger partial charge is 0.478 e. The van der Waals surface area contributed by atoms with Crippen LogP contribution in [0.1, 0.15) is 9.67 Å². The average molecular weight is 332 g/mol. The molecular weight excluding hydrogens is 325 g/mol. The van der Waals surface area contributed by atoms with Crippen LogP contribution in [-0.2, 0) is 0 Å². The second-order valence-corrected chi connectivity index (χ2v) is 5.84. The first-order chi connectivity index (χ1) is 9.47. The van der Waals surface area contributed by atoms with Crippen molar-refractivity contribution >= 4 is 46.0 Å². The first-order valence-electron chi connectivity index (χ1n) is 5.32. The maximum absolute atomic E-state index is 11.8. The molecule has 0 fully saturated rings. The lowest BCUT2D eigenvalue weighted by atomic mass is 10.3. The summed E-state index contributed by atoms with van der Waals surface area (Å²) in [6, 6.07) is 7.08. The van der Waals surface area contributed by atoms with Crippen molar-refractivity contribution in [1.29, 1.82) is 0 Å². The van der Waals surface area contributed by atoms with Gasteiger partial charge in [0.1, 0.15) is 0 Å². The van der Waals surface area contributed by atoms with Gasteiger partial charge in [0, 0.05) is 17.2 Å². The van der Waals surface area contributed by atoms with Crippen LogP contribution in [0.25, 0.3) is 0 Å². The number of thiophene rings is 1. The molecule has 20 heavy (non-hydrogen) atoms. The van der Waals surface area contributed by atoms with Crippen LogP contribution in [0.15, 0.2) is 30.3 Å². The first kappa shape index (κ1) is 14.8. The first-order valence-corrected chi connectivity index (χ1v) is 6.90. The molecule has 0 aliphatic heterocycles. The second kappa shape index (κ2) is 6.21. The molecule has 0 spiro atoms. The van der Waals surface area contributed by atoms with Gasteiger partial charge in [0.2, 0.25) is 5.78 Å².